The molecule has 1 fully saturated rings. The molecule has 0 aromatic heterocycles. The minimum absolute atomic E-state index is 0.247. The highest BCUT2D eigenvalue weighted by Gasteiger charge is 2.33. The molecule has 2 aromatic carbocycles. The van der Waals surface area contributed by atoms with E-state index < -0.39 is 18.4 Å². The molecule has 5 nitrogen and oxygen atoms in total. The highest BCUT2D eigenvalue weighted by molar-refractivity contribution is 8.26. The number of thioether (sulfide) groups is 1. The molecule has 25 heavy (non-hydrogen) atoms. The van der Waals surface area contributed by atoms with E-state index in [2.05, 4.69) is 0 Å². The number of hydrogen-bond acceptors (Lipinski definition) is 5. The van der Waals surface area contributed by atoms with Gasteiger partial charge in [-0.25, -0.2) is 0 Å². The lowest BCUT2D eigenvalue weighted by molar-refractivity contribution is -0.140. The lowest BCUT2D eigenvalue weighted by Crippen LogP contribution is -2.33. The van der Waals surface area contributed by atoms with Gasteiger partial charge in [0.2, 0.25) is 0 Å². The number of aliphatic carboxylic acids is 1. The van der Waals surface area contributed by atoms with Gasteiger partial charge in [0, 0.05) is 5.56 Å². The molecule has 7 heteroatoms. The number of ether oxygens (including phenoxy) is 1. The zero-order valence-corrected chi connectivity index (χ0v) is 15.0. The van der Waals surface area contributed by atoms with Crippen molar-refractivity contribution in [3.05, 3.63) is 46.9 Å². The van der Waals surface area contributed by atoms with Crippen molar-refractivity contribution in [2.45, 2.75) is 6.92 Å². The number of hydrogen-bond donors (Lipinski definition) is 1. The number of amides is 1. The summed E-state index contributed by atoms with van der Waals surface area (Å²) >= 11 is 6.25. The van der Waals surface area contributed by atoms with Crippen LogP contribution in [0.2, 0.25) is 0 Å². The van der Waals surface area contributed by atoms with E-state index >= 15 is 0 Å². The molecule has 1 aliphatic heterocycles. The second-order valence-electron chi connectivity index (χ2n) is 5.29. The summed E-state index contributed by atoms with van der Waals surface area (Å²) in [5.41, 5.74) is 0.788. The van der Waals surface area contributed by atoms with Crippen LogP contribution >= 0.6 is 24.0 Å². The van der Waals surface area contributed by atoms with Gasteiger partial charge in [-0.05, 0) is 29.8 Å². The van der Waals surface area contributed by atoms with E-state index in [1.807, 2.05) is 43.3 Å². The Morgan fingerprint density at radius 2 is 2.08 bits per heavy atom. The summed E-state index contributed by atoms with van der Waals surface area (Å²) in [6, 6.07) is 11.6. The molecule has 0 unspecified atom stereocenters. The summed E-state index contributed by atoms with van der Waals surface area (Å²) < 4.78 is 5.95. The van der Waals surface area contributed by atoms with Gasteiger partial charge in [0.05, 0.1) is 11.5 Å². The number of rotatable bonds is 5. The maximum Gasteiger partial charge on any atom is 0.323 e. The Kier molecular flexibility index (Phi) is 5.06. The molecule has 1 aliphatic rings. The van der Waals surface area contributed by atoms with Gasteiger partial charge in [-0.15, -0.1) is 0 Å². The molecule has 0 aliphatic carbocycles. The topological polar surface area (TPSA) is 66.8 Å². The average Bonchev–Trinajstić information content (AvgIpc) is 2.84. The first-order valence-corrected chi connectivity index (χ1v) is 8.85. The van der Waals surface area contributed by atoms with E-state index in [0.29, 0.717) is 17.3 Å². The zero-order valence-electron chi connectivity index (χ0n) is 13.4. The standard InChI is InChI=1S/C18H15NO4S2/c1-2-23-14-8-7-11-5-3-4-6-12(11)13(14)9-15-17(22)19(10-16(20)21)18(24)25-15/h3-9H,2,10H2,1H3,(H,20,21)/b15-9-. The first kappa shape index (κ1) is 17.4. The fourth-order valence-corrected chi connectivity index (χ4v) is 3.85. The van der Waals surface area contributed by atoms with Crippen LogP contribution in [0, 0.1) is 0 Å². The van der Waals surface area contributed by atoms with Crippen molar-refractivity contribution in [1.29, 1.82) is 0 Å². The minimum Gasteiger partial charge on any atom is -0.493 e. The van der Waals surface area contributed by atoms with Gasteiger partial charge in [-0.1, -0.05) is 54.3 Å². The Labute approximate surface area is 154 Å². The van der Waals surface area contributed by atoms with Gasteiger partial charge < -0.3 is 9.84 Å². The Morgan fingerprint density at radius 3 is 2.80 bits per heavy atom. The monoisotopic (exact) mass is 373 g/mol. The largest absolute Gasteiger partial charge is 0.493 e. The van der Waals surface area contributed by atoms with Gasteiger partial charge >= 0.3 is 5.97 Å². The molecule has 0 atom stereocenters. The van der Waals surface area contributed by atoms with Gasteiger partial charge in [0.25, 0.3) is 5.91 Å². The molecular formula is C18H15NO4S2. The summed E-state index contributed by atoms with van der Waals surface area (Å²) in [5, 5.41) is 10.9. The third kappa shape index (κ3) is 3.52. The van der Waals surface area contributed by atoms with Crippen molar-refractivity contribution >= 4 is 57.0 Å². The van der Waals surface area contributed by atoms with Crippen LogP contribution in [-0.4, -0.2) is 39.4 Å². The molecule has 1 amide bonds. The van der Waals surface area contributed by atoms with Crippen molar-refractivity contribution in [3.8, 4) is 5.75 Å². The smallest absolute Gasteiger partial charge is 0.323 e. The summed E-state index contributed by atoms with van der Waals surface area (Å²) in [6.07, 6.45) is 1.73. The van der Waals surface area contributed by atoms with Gasteiger partial charge in [0.15, 0.2) is 0 Å². The van der Waals surface area contributed by atoms with Gasteiger partial charge in [-0.3, -0.25) is 14.5 Å². The Bertz CT molecular complexity index is 907. The minimum atomic E-state index is -1.10. The predicted octanol–water partition coefficient (Wildman–Crippen LogP) is 3.52. The van der Waals surface area contributed by atoms with Crippen LogP contribution in [0.25, 0.3) is 16.8 Å². The zero-order chi connectivity index (χ0) is 18.0. The van der Waals surface area contributed by atoms with Crippen LogP contribution in [0.15, 0.2) is 41.3 Å². The van der Waals surface area contributed by atoms with E-state index in [1.54, 1.807) is 6.08 Å². The van der Waals surface area contributed by atoms with Crippen LogP contribution in [0.3, 0.4) is 0 Å². The summed E-state index contributed by atoms with van der Waals surface area (Å²) in [6.45, 7) is 1.96. The molecule has 0 spiro atoms. The fraction of sp³-hybridized carbons (Fsp3) is 0.167. The lowest BCUT2D eigenvalue weighted by Gasteiger charge is -2.12. The summed E-state index contributed by atoms with van der Waals surface area (Å²) in [5.74, 6) is -0.824. The van der Waals surface area contributed by atoms with E-state index in [4.69, 9.17) is 22.1 Å². The Morgan fingerprint density at radius 1 is 1.32 bits per heavy atom. The van der Waals surface area contributed by atoms with Crippen LogP contribution in [0.1, 0.15) is 12.5 Å². The van der Waals surface area contributed by atoms with Crippen molar-refractivity contribution in [3.63, 3.8) is 0 Å². The first-order valence-electron chi connectivity index (χ1n) is 7.63. The SMILES string of the molecule is CCOc1ccc2ccccc2c1/C=C1\SC(=S)N(CC(=O)O)C1=O. The van der Waals surface area contributed by atoms with Crippen LogP contribution in [0.5, 0.6) is 5.75 Å². The number of carbonyl (C=O) groups excluding carboxylic acids is 1. The maximum atomic E-state index is 12.5. The fourth-order valence-electron chi connectivity index (χ4n) is 2.61. The van der Waals surface area contributed by atoms with Crippen molar-refractivity contribution in [2.75, 3.05) is 13.2 Å². The number of thiocarbonyl (C=S) groups is 1. The third-order valence-electron chi connectivity index (χ3n) is 3.67. The quantitative estimate of drug-likeness (QED) is 0.639. The van der Waals surface area contributed by atoms with E-state index in [-0.39, 0.29) is 4.32 Å². The van der Waals surface area contributed by atoms with E-state index in [1.165, 1.54) is 0 Å². The normalized spacial score (nSPS) is 16.0. The lowest BCUT2D eigenvalue weighted by atomic mass is 10.0. The molecule has 128 valence electrons. The number of fused-ring (bicyclic) bond motifs is 1. The Balaban J connectivity index is 2.08. The van der Waals surface area contributed by atoms with Crippen LogP contribution in [-0.2, 0) is 9.59 Å². The molecule has 0 radical (unpaired) electrons. The molecule has 1 heterocycles. The van der Waals surface area contributed by atoms with Crippen molar-refractivity contribution in [1.82, 2.24) is 4.90 Å². The number of carboxylic acid groups (broad SMARTS) is 1. The van der Waals surface area contributed by atoms with Crippen LogP contribution in [0.4, 0.5) is 0 Å². The number of carboxylic acids is 1. The van der Waals surface area contributed by atoms with E-state index in [9.17, 15) is 9.59 Å². The predicted molar refractivity (Wildman–Crippen MR) is 103 cm³/mol. The summed E-state index contributed by atoms with van der Waals surface area (Å²) in [4.78, 5) is 24.9. The Hall–Kier alpha value is -2.38. The number of nitrogens with zero attached hydrogens (tertiary/aromatic N) is 1. The second kappa shape index (κ2) is 7.25. The maximum absolute atomic E-state index is 12.5. The average molecular weight is 373 g/mol. The highest BCUT2D eigenvalue weighted by Crippen LogP contribution is 2.36. The highest BCUT2D eigenvalue weighted by atomic mass is 32.2. The van der Waals surface area contributed by atoms with Crippen LogP contribution < -0.4 is 4.74 Å². The molecule has 3 rings (SSSR count). The molecule has 2 aromatic rings. The summed E-state index contributed by atoms with van der Waals surface area (Å²) in [7, 11) is 0. The van der Waals surface area contributed by atoms with Crippen molar-refractivity contribution in [2.24, 2.45) is 0 Å². The second-order valence-corrected chi connectivity index (χ2v) is 6.97. The van der Waals surface area contributed by atoms with Crippen molar-refractivity contribution < 1.29 is 19.4 Å². The molecule has 1 N–H and O–H groups in total. The van der Waals surface area contributed by atoms with Gasteiger partial charge in [-0.2, -0.15) is 0 Å². The number of carbonyl (C=O) groups is 2. The molecule has 1 saturated heterocycles. The molecule has 0 saturated carbocycles. The van der Waals surface area contributed by atoms with E-state index in [0.717, 1.165) is 33.0 Å². The third-order valence-corrected chi connectivity index (χ3v) is 5.05. The van der Waals surface area contributed by atoms with Gasteiger partial charge in [0.1, 0.15) is 16.6 Å². The number of benzene rings is 2. The molecule has 0 bridgehead atoms. The molecular weight excluding hydrogens is 358 g/mol. The first-order chi connectivity index (χ1) is 12.0.